The largest absolute Gasteiger partial charge is 0.495 e. The Morgan fingerprint density at radius 2 is 1.90 bits per heavy atom. The summed E-state index contributed by atoms with van der Waals surface area (Å²) in [5, 5.41) is 10.6. The van der Waals surface area contributed by atoms with Crippen LogP contribution in [0.15, 0.2) is 36.4 Å². The van der Waals surface area contributed by atoms with Crippen LogP contribution in [-0.2, 0) is 0 Å². The van der Waals surface area contributed by atoms with Crippen LogP contribution in [-0.4, -0.2) is 25.4 Å². The molecule has 1 atom stereocenters. The molecule has 21 heavy (non-hydrogen) atoms. The van der Waals surface area contributed by atoms with Crippen molar-refractivity contribution in [2.24, 2.45) is 0 Å². The minimum atomic E-state index is -0.851. The molecule has 0 spiro atoms. The van der Waals surface area contributed by atoms with Gasteiger partial charge >= 0.3 is 0 Å². The van der Waals surface area contributed by atoms with Crippen molar-refractivity contribution in [2.45, 2.75) is 6.10 Å². The molecule has 0 amide bonds. The highest BCUT2D eigenvalue weighted by molar-refractivity contribution is 5.61. The number of nitrogens with two attached hydrogens (primary N) is 1. The molecule has 110 valence electrons. The Morgan fingerprint density at radius 1 is 1.14 bits per heavy atom. The summed E-state index contributed by atoms with van der Waals surface area (Å²) in [6.45, 7) is 1.05. The lowest BCUT2D eigenvalue weighted by Gasteiger charge is -2.21. The maximum atomic E-state index is 10.6. The third-order valence-electron chi connectivity index (χ3n) is 3.50. The van der Waals surface area contributed by atoms with Crippen molar-refractivity contribution >= 4 is 5.69 Å². The molecule has 2 aromatic carbocycles. The van der Waals surface area contributed by atoms with E-state index in [4.69, 9.17) is 19.9 Å². The van der Waals surface area contributed by atoms with Crippen molar-refractivity contribution in [1.82, 2.24) is 0 Å². The van der Waals surface area contributed by atoms with Gasteiger partial charge in [0.15, 0.2) is 11.5 Å². The summed E-state index contributed by atoms with van der Waals surface area (Å²) in [4.78, 5) is 0. The van der Waals surface area contributed by atoms with Gasteiger partial charge in [0.25, 0.3) is 0 Å². The number of anilines is 1. The standard InChI is InChI=1S/C16H17NO4/c1-19-13-4-2-3-11(15(13)17)16(18)10-5-6-12-14(9-10)21-8-7-20-12/h2-6,9,16,18H,7-8,17H2,1H3. The van der Waals surface area contributed by atoms with Crippen molar-refractivity contribution in [3.63, 3.8) is 0 Å². The molecule has 0 aliphatic carbocycles. The highest BCUT2D eigenvalue weighted by Gasteiger charge is 2.19. The number of hydrogen-bond donors (Lipinski definition) is 2. The number of para-hydroxylation sites is 1. The first-order chi connectivity index (χ1) is 10.2. The zero-order chi connectivity index (χ0) is 14.8. The number of hydrogen-bond acceptors (Lipinski definition) is 5. The highest BCUT2D eigenvalue weighted by Crippen LogP contribution is 2.37. The lowest BCUT2D eigenvalue weighted by molar-refractivity contribution is 0.169. The second-order valence-electron chi connectivity index (χ2n) is 4.77. The van der Waals surface area contributed by atoms with E-state index in [1.54, 1.807) is 43.5 Å². The van der Waals surface area contributed by atoms with Crippen molar-refractivity contribution in [2.75, 3.05) is 26.1 Å². The maximum Gasteiger partial charge on any atom is 0.161 e. The molecule has 0 aromatic heterocycles. The van der Waals surface area contributed by atoms with Gasteiger partial charge in [-0.05, 0) is 23.8 Å². The van der Waals surface area contributed by atoms with Gasteiger partial charge in [0.2, 0.25) is 0 Å². The predicted molar refractivity (Wildman–Crippen MR) is 78.9 cm³/mol. The molecule has 3 N–H and O–H groups in total. The average molecular weight is 287 g/mol. The van der Waals surface area contributed by atoms with E-state index in [1.807, 2.05) is 0 Å². The number of ether oxygens (including phenoxy) is 3. The van der Waals surface area contributed by atoms with Gasteiger partial charge in [-0.25, -0.2) is 0 Å². The van der Waals surface area contributed by atoms with E-state index in [0.717, 1.165) is 0 Å². The predicted octanol–water partition coefficient (Wildman–Crippen LogP) is 2.13. The summed E-state index contributed by atoms with van der Waals surface area (Å²) in [6, 6.07) is 10.7. The number of methoxy groups -OCH3 is 1. The zero-order valence-electron chi connectivity index (χ0n) is 11.7. The number of aliphatic hydroxyl groups is 1. The van der Waals surface area contributed by atoms with E-state index in [0.29, 0.717) is 47.3 Å². The van der Waals surface area contributed by atoms with Crippen molar-refractivity contribution < 1.29 is 19.3 Å². The quantitative estimate of drug-likeness (QED) is 0.846. The topological polar surface area (TPSA) is 73.9 Å². The fraction of sp³-hybridized carbons (Fsp3) is 0.250. The zero-order valence-corrected chi connectivity index (χ0v) is 11.7. The molecule has 0 saturated carbocycles. The van der Waals surface area contributed by atoms with Gasteiger partial charge in [0, 0.05) is 5.56 Å². The van der Waals surface area contributed by atoms with Gasteiger partial charge < -0.3 is 25.1 Å². The van der Waals surface area contributed by atoms with Gasteiger partial charge in [0.1, 0.15) is 25.1 Å². The summed E-state index contributed by atoms with van der Waals surface area (Å²) < 4.78 is 16.2. The average Bonchev–Trinajstić information content (AvgIpc) is 2.54. The van der Waals surface area contributed by atoms with Crippen LogP contribution < -0.4 is 19.9 Å². The highest BCUT2D eigenvalue weighted by atomic mass is 16.6. The van der Waals surface area contributed by atoms with E-state index in [-0.39, 0.29) is 0 Å². The van der Waals surface area contributed by atoms with Gasteiger partial charge in [-0.2, -0.15) is 0 Å². The van der Waals surface area contributed by atoms with Crippen LogP contribution in [0.1, 0.15) is 17.2 Å². The fourth-order valence-electron chi connectivity index (χ4n) is 2.39. The molecular weight excluding hydrogens is 270 g/mol. The molecule has 5 nitrogen and oxygen atoms in total. The van der Waals surface area contributed by atoms with Crippen LogP contribution >= 0.6 is 0 Å². The smallest absolute Gasteiger partial charge is 0.161 e. The Bertz CT molecular complexity index is 657. The summed E-state index contributed by atoms with van der Waals surface area (Å²) in [5.41, 5.74) is 7.76. The molecule has 0 saturated heterocycles. The van der Waals surface area contributed by atoms with Gasteiger partial charge in [0.05, 0.1) is 12.8 Å². The second kappa shape index (κ2) is 5.54. The Labute approximate surface area is 122 Å². The lowest BCUT2D eigenvalue weighted by Crippen LogP contribution is -2.15. The Kier molecular flexibility index (Phi) is 3.58. The normalized spacial score (nSPS) is 14.6. The summed E-state index contributed by atoms with van der Waals surface area (Å²) >= 11 is 0. The molecule has 1 aliphatic rings. The number of rotatable bonds is 3. The van der Waals surface area contributed by atoms with Crippen LogP contribution in [0.25, 0.3) is 0 Å². The van der Waals surface area contributed by atoms with E-state index >= 15 is 0 Å². The fourth-order valence-corrected chi connectivity index (χ4v) is 2.39. The maximum absolute atomic E-state index is 10.6. The summed E-state index contributed by atoms with van der Waals surface area (Å²) in [5.74, 6) is 1.87. The summed E-state index contributed by atoms with van der Waals surface area (Å²) in [7, 11) is 1.55. The Morgan fingerprint density at radius 3 is 2.67 bits per heavy atom. The lowest BCUT2D eigenvalue weighted by atomic mass is 9.99. The van der Waals surface area contributed by atoms with Crippen molar-refractivity contribution in [1.29, 1.82) is 0 Å². The molecule has 3 rings (SSSR count). The minimum absolute atomic E-state index is 0.433. The van der Waals surface area contributed by atoms with Crippen molar-refractivity contribution in [3.8, 4) is 17.2 Å². The van der Waals surface area contributed by atoms with Crippen molar-refractivity contribution in [3.05, 3.63) is 47.5 Å². The molecule has 1 heterocycles. The van der Waals surface area contributed by atoms with E-state index < -0.39 is 6.10 Å². The molecule has 0 bridgehead atoms. The molecule has 0 fully saturated rings. The first kappa shape index (κ1) is 13.6. The van der Waals surface area contributed by atoms with Crippen LogP contribution in [0.3, 0.4) is 0 Å². The molecule has 1 aliphatic heterocycles. The van der Waals surface area contributed by atoms with E-state index in [2.05, 4.69) is 0 Å². The van der Waals surface area contributed by atoms with E-state index in [1.165, 1.54) is 0 Å². The first-order valence-corrected chi connectivity index (χ1v) is 6.70. The van der Waals surface area contributed by atoms with Crippen LogP contribution in [0.2, 0.25) is 0 Å². The second-order valence-corrected chi connectivity index (χ2v) is 4.77. The van der Waals surface area contributed by atoms with Crippen LogP contribution in [0.5, 0.6) is 17.2 Å². The molecule has 5 heteroatoms. The van der Waals surface area contributed by atoms with Gasteiger partial charge in [-0.3, -0.25) is 0 Å². The number of aliphatic hydroxyl groups excluding tert-OH is 1. The van der Waals surface area contributed by atoms with Crippen LogP contribution in [0, 0.1) is 0 Å². The third kappa shape index (κ3) is 2.48. The van der Waals surface area contributed by atoms with Gasteiger partial charge in [-0.1, -0.05) is 18.2 Å². The number of benzene rings is 2. The van der Waals surface area contributed by atoms with E-state index in [9.17, 15) is 5.11 Å². The summed E-state index contributed by atoms with van der Waals surface area (Å²) in [6.07, 6.45) is -0.851. The third-order valence-corrected chi connectivity index (χ3v) is 3.50. The SMILES string of the molecule is COc1cccc(C(O)c2ccc3c(c2)OCCO3)c1N. The Balaban J connectivity index is 1.97. The molecular formula is C16H17NO4. The van der Waals surface area contributed by atoms with Gasteiger partial charge in [-0.15, -0.1) is 0 Å². The molecule has 2 aromatic rings. The van der Waals surface area contributed by atoms with Crippen LogP contribution in [0.4, 0.5) is 5.69 Å². The molecule has 1 unspecified atom stereocenters. The molecule has 0 radical (unpaired) electrons. The first-order valence-electron chi connectivity index (χ1n) is 6.70. The number of fused-ring (bicyclic) bond motifs is 1. The number of nitrogen functional groups attached to an aromatic ring is 1. The monoisotopic (exact) mass is 287 g/mol. The minimum Gasteiger partial charge on any atom is -0.495 e. The Hall–Kier alpha value is -2.40.